The molecule has 0 radical (unpaired) electrons. The summed E-state index contributed by atoms with van der Waals surface area (Å²) in [6.07, 6.45) is -0.405. The molecule has 1 unspecified atom stereocenters. The highest BCUT2D eigenvalue weighted by molar-refractivity contribution is 5.85. The average molecular weight is 198 g/mol. The summed E-state index contributed by atoms with van der Waals surface area (Å²) in [5.74, 6) is -1.61. The van der Waals surface area contributed by atoms with Crippen LogP contribution in [0, 0.1) is 5.92 Å². The lowest BCUT2D eigenvalue weighted by Gasteiger charge is -2.23. The maximum Gasteiger partial charge on any atom is 0.338 e. The number of halogens is 2. The van der Waals surface area contributed by atoms with Crippen molar-refractivity contribution in [2.24, 2.45) is 5.92 Å². The predicted octanol–water partition coefficient (Wildman–Crippen LogP) is 0.831. The first-order valence-electron chi connectivity index (χ1n) is 3.79. The van der Waals surface area contributed by atoms with Gasteiger partial charge in [-0.05, 0) is 25.9 Å². The van der Waals surface area contributed by atoms with Crippen LogP contribution in [0.2, 0.25) is 0 Å². The molecule has 1 rings (SSSR count). The van der Waals surface area contributed by atoms with Gasteiger partial charge in [-0.25, -0.2) is 9.18 Å². The number of rotatable bonds is 2. The molecule has 1 heterocycles. The van der Waals surface area contributed by atoms with E-state index in [1.165, 1.54) is 0 Å². The Bertz CT molecular complexity index is 150. The normalized spacial score (nSPS) is 21.1. The van der Waals surface area contributed by atoms with Gasteiger partial charge in [-0.3, -0.25) is 0 Å². The van der Waals surface area contributed by atoms with E-state index < -0.39 is 12.1 Å². The number of aliphatic carboxylic acids is 1. The molecule has 1 fully saturated rings. The molecule has 5 heteroatoms. The average Bonchev–Trinajstić information content (AvgIpc) is 2.05. The standard InChI is InChI=1S/C7H12FNO2.ClH/c8-6(7(10)11)5-1-3-9-4-2-5;/h5-6,9H,1-4H2,(H,10,11);1H. The third kappa shape index (κ3) is 2.95. The lowest BCUT2D eigenvalue weighted by atomic mass is 9.93. The van der Waals surface area contributed by atoms with Crippen LogP contribution in [0.3, 0.4) is 0 Å². The van der Waals surface area contributed by atoms with Crippen molar-refractivity contribution in [2.75, 3.05) is 13.1 Å². The summed E-state index contributed by atoms with van der Waals surface area (Å²) in [5, 5.41) is 11.4. The fourth-order valence-electron chi connectivity index (χ4n) is 1.34. The molecule has 0 bridgehead atoms. The highest BCUT2D eigenvalue weighted by atomic mass is 35.5. The first-order chi connectivity index (χ1) is 5.22. The summed E-state index contributed by atoms with van der Waals surface area (Å²) in [7, 11) is 0. The first kappa shape index (κ1) is 11.6. The predicted molar refractivity (Wildman–Crippen MR) is 45.4 cm³/mol. The summed E-state index contributed by atoms with van der Waals surface area (Å²) in [4.78, 5) is 10.2. The summed E-state index contributed by atoms with van der Waals surface area (Å²) in [5.41, 5.74) is 0. The quantitative estimate of drug-likeness (QED) is 0.690. The molecule has 1 atom stereocenters. The molecule has 0 spiro atoms. The van der Waals surface area contributed by atoms with E-state index in [1.54, 1.807) is 0 Å². The number of carboxylic acid groups (broad SMARTS) is 1. The number of alkyl halides is 1. The van der Waals surface area contributed by atoms with Crippen LogP contribution in [0.4, 0.5) is 4.39 Å². The van der Waals surface area contributed by atoms with E-state index >= 15 is 0 Å². The molecule has 1 saturated heterocycles. The minimum absolute atomic E-state index is 0. The van der Waals surface area contributed by atoms with E-state index in [4.69, 9.17) is 5.11 Å². The number of carboxylic acids is 1. The van der Waals surface area contributed by atoms with Crippen molar-refractivity contribution < 1.29 is 14.3 Å². The van der Waals surface area contributed by atoms with Crippen LogP contribution in [0.15, 0.2) is 0 Å². The van der Waals surface area contributed by atoms with Gasteiger partial charge >= 0.3 is 5.97 Å². The van der Waals surface area contributed by atoms with Gasteiger partial charge in [0.15, 0.2) is 6.17 Å². The minimum Gasteiger partial charge on any atom is -0.479 e. The largest absolute Gasteiger partial charge is 0.479 e. The van der Waals surface area contributed by atoms with E-state index in [2.05, 4.69) is 5.32 Å². The van der Waals surface area contributed by atoms with Gasteiger partial charge < -0.3 is 10.4 Å². The molecular weight excluding hydrogens is 185 g/mol. The molecule has 72 valence electrons. The Morgan fingerprint density at radius 3 is 2.42 bits per heavy atom. The fourth-order valence-corrected chi connectivity index (χ4v) is 1.34. The second-order valence-corrected chi connectivity index (χ2v) is 2.83. The zero-order valence-electron chi connectivity index (χ0n) is 6.62. The van der Waals surface area contributed by atoms with Gasteiger partial charge in [-0.2, -0.15) is 0 Å². The second-order valence-electron chi connectivity index (χ2n) is 2.83. The van der Waals surface area contributed by atoms with Crippen LogP contribution >= 0.6 is 12.4 Å². The summed E-state index contributed by atoms with van der Waals surface area (Å²) in [6.45, 7) is 1.47. The second kappa shape index (κ2) is 5.32. The highest BCUT2D eigenvalue weighted by Crippen LogP contribution is 2.18. The smallest absolute Gasteiger partial charge is 0.338 e. The van der Waals surface area contributed by atoms with Crippen LogP contribution in [0.25, 0.3) is 0 Å². The van der Waals surface area contributed by atoms with Crippen LogP contribution in [0.5, 0.6) is 0 Å². The first-order valence-corrected chi connectivity index (χ1v) is 3.79. The maximum absolute atomic E-state index is 12.8. The Kier molecular flexibility index (Phi) is 5.17. The molecule has 0 aromatic heterocycles. The minimum atomic E-state index is -1.67. The molecule has 0 aliphatic carbocycles. The van der Waals surface area contributed by atoms with Crippen molar-refractivity contribution in [1.29, 1.82) is 0 Å². The van der Waals surface area contributed by atoms with Crippen molar-refractivity contribution in [3.8, 4) is 0 Å². The van der Waals surface area contributed by atoms with Gasteiger partial charge in [0.05, 0.1) is 0 Å². The lowest BCUT2D eigenvalue weighted by Crippen LogP contribution is -2.35. The number of piperidine rings is 1. The maximum atomic E-state index is 12.8. The number of hydrogen-bond acceptors (Lipinski definition) is 2. The van der Waals surface area contributed by atoms with Gasteiger partial charge in [0, 0.05) is 5.92 Å². The molecule has 3 nitrogen and oxygen atoms in total. The zero-order valence-corrected chi connectivity index (χ0v) is 7.44. The summed E-state index contributed by atoms with van der Waals surface area (Å²) < 4.78 is 12.8. The van der Waals surface area contributed by atoms with Crippen LogP contribution < -0.4 is 5.32 Å². The molecule has 0 aromatic carbocycles. The van der Waals surface area contributed by atoms with Crippen molar-refractivity contribution in [3.05, 3.63) is 0 Å². The van der Waals surface area contributed by atoms with Gasteiger partial charge in [-0.15, -0.1) is 12.4 Å². The Hall–Kier alpha value is -0.350. The Morgan fingerprint density at radius 1 is 1.50 bits per heavy atom. The Labute approximate surface area is 76.7 Å². The molecule has 1 aliphatic heterocycles. The fraction of sp³-hybridized carbons (Fsp3) is 0.857. The number of carbonyl (C=O) groups is 1. The molecule has 0 aromatic rings. The van der Waals surface area contributed by atoms with Crippen molar-refractivity contribution in [1.82, 2.24) is 5.32 Å². The molecule has 0 amide bonds. The van der Waals surface area contributed by atoms with Crippen LogP contribution in [-0.4, -0.2) is 30.3 Å². The number of hydrogen-bond donors (Lipinski definition) is 2. The van der Waals surface area contributed by atoms with E-state index in [1.807, 2.05) is 0 Å². The van der Waals surface area contributed by atoms with Gasteiger partial charge in [0.25, 0.3) is 0 Å². The Morgan fingerprint density at radius 2 is 2.00 bits per heavy atom. The van der Waals surface area contributed by atoms with E-state index in [0.29, 0.717) is 12.8 Å². The Balaban J connectivity index is 0.00000121. The van der Waals surface area contributed by atoms with Crippen molar-refractivity contribution in [2.45, 2.75) is 19.0 Å². The van der Waals surface area contributed by atoms with Gasteiger partial charge in [0.1, 0.15) is 0 Å². The lowest BCUT2D eigenvalue weighted by molar-refractivity contribution is -0.145. The third-order valence-corrected chi connectivity index (χ3v) is 2.03. The third-order valence-electron chi connectivity index (χ3n) is 2.03. The van der Waals surface area contributed by atoms with Crippen LogP contribution in [0.1, 0.15) is 12.8 Å². The van der Waals surface area contributed by atoms with Gasteiger partial charge in [-0.1, -0.05) is 0 Å². The topological polar surface area (TPSA) is 49.3 Å². The highest BCUT2D eigenvalue weighted by Gasteiger charge is 2.28. The van der Waals surface area contributed by atoms with E-state index in [9.17, 15) is 9.18 Å². The van der Waals surface area contributed by atoms with Crippen molar-refractivity contribution in [3.63, 3.8) is 0 Å². The molecular formula is C7H13ClFNO2. The molecule has 1 aliphatic rings. The monoisotopic (exact) mass is 197 g/mol. The molecule has 2 N–H and O–H groups in total. The molecule has 12 heavy (non-hydrogen) atoms. The summed E-state index contributed by atoms with van der Waals surface area (Å²) in [6, 6.07) is 0. The van der Waals surface area contributed by atoms with E-state index in [-0.39, 0.29) is 18.3 Å². The molecule has 0 saturated carbocycles. The van der Waals surface area contributed by atoms with Gasteiger partial charge in [0.2, 0.25) is 0 Å². The SMILES string of the molecule is Cl.O=C(O)C(F)C1CCNCC1. The zero-order chi connectivity index (χ0) is 8.27. The van der Waals surface area contributed by atoms with Crippen molar-refractivity contribution >= 4 is 18.4 Å². The van der Waals surface area contributed by atoms with Crippen LogP contribution in [-0.2, 0) is 4.79 Å². The summed E-state index contributed by atoms with van der Waals surface area (Å²) >= 11 is 0. The number of nitrogens with one attached hydrogen (secondary N) is 1. The van der Waals surface area contributed by atoms with E-state index in [0.717, 1.165) is 13.1 Å².